The van der Waals surface area contributed by atoms with E-state index < -0.39 is 0 Å². The van der Waals surface area contributed by atoms with Gasteiger partial charge in [0.15, 0.2) is 0 Å². The fourth-order valence-electron chi connectivity index (χ4n) is 0.321. The van der Waals surface area contributed by atoms with Crippen LogP contribution < -0.4 is 0 Å². The second-order valence-corrected chi connectivity index (χ2v) is 2.30. The topological polar surface area (TPSA) is 70.8 Å². The molecule has 0 unspecified atom stereocenters. The first-order valence-corrected chi connectivity index (χ1v) is 4.35. The van der Waals surface area contributed by atoms with Crippen molar-refractivity contribution in [2.24, 2.45) is 0 Å². The van der Waals surface area contributed by atoms with Gasteiger partial charge in [-0.2, -0.15) is 60.5 Å². The molecule has 0 saturated heterocycles. The van der Waals surface area contributed by atoms with Gasteiger partial charge in [0.25, 0.3) is 0 Å². The van der Waals surface area contributed by atoms with Gasteiger partial charge in [-0.15, -0.1) is 0 Å². The molecule has 0 amide bonds. The van der Waals surface area contributed by atoms with E-state index in [0.29, 0.717) is 0 Å². The maximum Gasteiger partial charge on any atom is 4.00 e. The zero-order chi connectivity index (χ0) is 11.7. The molecule has 0 aliphatic carbocycles. The summed E-state index contributed by atoms with van der Waals surface area (Å²) >= 11 is 0. The Labute approximate surface area is 120 Å². The largest absolute Gasteiger partial charge is 4.00 e. The van der Waals surface area contributed by atoms with Crippen molar-refractivity contribution in [3.05, 3.63) is 46.3 Å². The minimum atomic E-state index is 0. The van der Waals surface area contributed by atoms with Crippen molar-refractivity contribution in [1.82, 2.24) is 0 Å². The van der Waals surface area contributed by atoms with Crippen LogP contribution in [-0.4, -0.2) is 42.3 Å². The van der Waals surface area contributed by atoms with Gasteiger partial charge in [-0.1, -0.05) is 0 Å². The van der Waals surface area contributed by atoms with Crippen LogP contribution in [0.15, 0.2) is 30.3 Å². The van der Waals surface area contributed by atoms with Crippen LogP contribution in [0.1, 0.15) is 0 Å². The fourth-order valence-corrected chi connectivity index (χ4v) is 0.321. The van der Waals surface area contributed by atoms with Gasteiger partial charge in [0, 0.05) is 0 Å². The third kappa shape index (κ3) is 93.7. The van der Waals surface area contributed by atoms with Crippen LogP contribution in [-0.2, 0) is 31.3 Å². The minimum Gasteiger partial charge on any atom is -2.00 e. The summed E-state index contributed by atoms with van der Waals surface area (Å²) in [5.41, 5.74) is 0. The average Bonchev–Trinajstić information content (AvgIpc) is 2.63. The predicted octanol–water partition coefficient (Wildman–Crippen LogP) is 3.14. The zero-order valence-corrected chi connectivity index (χ0v) is 14.7. The van der Waals surface area contributed by atoms with Crippen LogP contribution in [0.25, 0.3) is 16.0 Å². The van der Waals surface area contributed by atoms with Crippen LogP contribution >= 0.6 is 0 Å². The Kier molecular flexibility index (Phi) is 85.3. The van der Waals surface area contributed by atoms with Crippen LogP contribution in [0.5, 0.6) is 0 Å². The van der Waals surface area contributed by atoms with Crippen molar-refractivity contribution in [3.63, 3.8) is 0 Å². The number of rotatable bonds is 0. The van der Waals surface area contributed by atoms with Gasteiger partial charge in [-0.3, -0.25) is 0 Å². The molecule has 4 nitrogen and oxygen atoms in total. The van der Waals surface area contributed by atoms with Gasteiger partial charge in [0.1, 0.15) is 0 Å². The van der Waals surface area contributed by atoms with E-state index in [1.54, 1.807) is 42.3 Å². The number of hydrogen-bond donors (Lipinski definition) is 0. The van der Waals surface area contributed by atoms with Crippen LogP contribution in [0.2, 0.25) is 0 Å². The van der Waals surface area contributed by atoms with Crippen LogP contribution in [0.4, 0.5) is 0 Å². The van der Waals surface area contributed by atoms with Crippen molar-refractivity contribution < 1.29 is 31.3 Å². The molecule has 0 saturated carbocycles. The number of hydrogen-bond acceptors (Lipinski definition) is 0. The van der Waals surface area contributed by atoms with E-state index in [0.717, 1.165) is 0 Å². The van der Waals surface area contributed by atoms with Crippen LogP contribution in [0.3, 0.4) is 0 Å². The molecule has 1 aromatic carbocycles. The first-order valence-electron chi connectivity index (χ1n) is 4.35. The van der Waals surface area contributed by atoms with E-state index >= 15 is 0 Å². The summed E-state index contributed by atoms with van der Waals surface area (Å²) in [4.78, 5) is 0. The van der Waals surface area contributed by atoms with Crippen molar-refractivity contribution in [3.8, 4) is 0 Å². The van der Waals surface area contributed by atoms with Gasteiger partial charge in [-0.05, 0) is 0 Å². The van der Waals surface area contributed by atoms with E-state index in [2.05, 4.69) is 16.0 Å². The van der Waals surface area contributed by atoms with E-state index in [4.69, 9.17) is 0 Å². The van der Waals surface area contributed by atoms with Crippen molar-refractivity contribution >= 4 is 0 Å². The standard InChI is InChI=1S/C5H5.3C2H6N.Hf.O/c1-2-4-5-3-1;3*1-3-2;;/h1-5H;3*1-2H3;;/q4*-1;+4;-2. The van der Waals surface area contributed by atoms with Gasteiger partial charge in [0.2, 0.25) is 0 Å². The van der Waals surface area contributed by atoms with Gasteiger partial charge in [-0.25, -0.2) is 12.1 Å². The SMILES string of the molecule is C[N-]C.C[N-]C.C[N-]C.[Hf+4].[O-2].c1cc[cH-]c1. The second-order valence-electron chi connectivity index (χ2n) is 2.30. The van der Waals surface area contributed by atoms with E-state index in [9.17, 15) is 0 Å². The Morgan fingerprint density at radius 1 is 0.688 bits per heavy atom. The third-order valence-corrected chi connectivity index (χ3v) is 0.556. The second kappa shape index (κ2) is 45.8. The minimum absolute atomic E-state index is 0. The molecule has 0 radical (unpaired) electrons. The van der Waals surface area contributed by atoms with Crippen molar-refractivity contribution in [1.29, 1.82) is 0 Å². The van der Waals surface area contributed by atoms with Gasteiger partial charge >= 0.3 is 25.8 Å². The molecule has 16 heavy (non-hydrogen) atoms. The Hall–Kier alpha value is 0.0601. The molecule has 0 N–H and O–H groups in total. The first kappa shape index (κ1) is 29.8. The molecule has 0 bridgehead atoms. The quantitative estimate of drug-likeness (QED) is 0.481. The van der Waals surface area contributed by atoms with E-state index in [1.807, 2.05) is 30.3 Å². The summed E-state index contributed by atoms with van der Waals surface area (Å²) in [7, 11) is 10.5. The molecule has 0 aromatic heterocycles. The summed E-state index contributed by atoms with van der Waals surface area (Å²) in [5, 5.41) is 10.5. The summed E-state index contributed by atoms with van der Waals surface area (Å²) in [6, 6.07) is 10.0. The molecule has 0 aliphatic rings. The monoisotopic (exact) mass is 393 g/mol. The van der Waals surface area contributed by atoms with Crippen molar-refractivity contribution in [2.45, 2.75) is 0 Å². The molecule has 0 heterocycles. The maximum absolute atomic E-state index is 3.50. The molecule has 0 aliphatic heterocycles. The molecular weight excluding hydrogens is 369 g/mol. The molecule has 5 heteroatoms. The summed E-state index contributed by atoms with van der Waals surface area (Å²) in [5.74, 6) is 0. The fraction of sp³-hybridized carbons (Fsp3) is 0.545. The molecule has 0 spiro atoms. The zero-order valence-electron chi connectivity index (χ0n) is 11.1. The smallest absolute Gasteiger partial charge is 2.00 e. The Balaban J connectivity index is -0.0000000336. The Bertz CT molecular complexity index is 105. The molecular formula is C11H23HfN3O-2. The number of nitrogens with zero attached hydrogens (tertiary/aromatic N) is 3. The van der Waals surface area contributed by atoms with E-state index in [-0.39, 0.29) is 31.3 Å². The molecule has 1 aromatic rings. The molecule has 94 valence electrons. The summed E-state index contributed by atoms with van der Waals surface area (Å²) in [6.07, 6.45) is 0. The summed E-state index contributed by atoms with van der Waals surface area (Å²) < 4.78 is 0. The Morgan fingerprint density at radius 2 is 0.875 bits per heavy atom. The van der Waals surface area contributed by atoms with Crippen molar-refractivity contribution in [2.75, 3.05) is 42.3 Å². The predicted molar refractivity (Wildman–Crippen MR) is 68.3 cm³/mol. The molecule has 0 atom stereocenters. The average molecular weight is 392 g/mol. The normalized spacial score (nSPS) is 5.88. The van der Waals surface area contributed by atoms with Crippen LogP contribution in [0, 0.1) is 0 Å². The Morgan fingerprint density at radius 3 is 0.938 bits per heavy atom. The maximum atomic E-state index is 3.50. The molecule has 0 fully saturated rings. The first-order chi connectivity index (χ1) is 6.74. The third-order valence-electron chi connectivity index (χ3n) is 0.556. The van der Waals surface area contributed by atoms with E-state index in [1.165, 1.54) is 0 Å². The summed E-state index contributed by atoms with van der Waals surface area (Å²) in [6.45, 7) is 0. The molecule has 1 rings (SSSR count). The van der Waals surface area contributed by atoms with Gasteiger partial charge in [0.05, 0.1) is 0 Å². The van der Waals surface area contributed by atoms with Gasteiger partial charge < -0.3 is 21.4 Å².